The molecule has 9 nitrogen and oxygen atoms in total. The van der Waals surface area contributed by atoms with Gasteiger partial charge < -0.3 is 9.47 Å². The van der Waals surface area contributed by atoms with Gasteiger partial charge in [0.1, 0.15) is 18.1 Å². The first-order valence-electron chi connectivity index (χ1n) is 14.2. The molecule has 0 saturated carbocycles. The molecule has 224 valence electrons. The van der Waals surface area contributed by atoms with Crippen LogP contribution in [-0.2, 0) is 6.61 Å². The Kier molecular flexibility index (Phi) is 9.06. The number of hydrogen-bond acceptors (Lipinski definition) is 7. The standard InChI is InChI=1S/C34H31ClN4O5/c1-5-43-32-16-22(4)29(18-28(32)21(2)3)33-37-30-9-7-6-8-27(30)34(40)38(33)36-19-24-17-25(35)12-15-31(24)44-20-23-10-13-26(14-11-23)39(41)42/h6-19,21H,5,20H2,1-4H3. The molecule has 0 spiro atoms. The van der Waals surface area contributed by atoms with Crippen molar-refractivity contribution in [2.75, 3.05) is 6.61 Å². The lowest BCUT2D eigenvalue weighted by molar-refractivity contribution is -0.384. The molecule has 1 heterocycles. The van der Waals surface area contributed by atoms with E-state index in [-0.39, 0.29) is 23.8 Å². The van der Waals surface area contributed by atoms with Gasteiger partial charge in [0, 0.05) is 28.3 Å². The van der Waals surface area contributed by atoms with Gasteiger partial charge in [0.05, 0.1) is 28.6 Å². The number of aromatic nitrogens is 2. The van der Waals surface area contributed by atoms with E-state index in [2.05, 4.69) is 18.9 Å². The summed E-state index contributed by atoms with van der Waals surface area (Å²) in [6, 6.07) is 22.4. The molecule has 0 unspecified atom stereocenters. The first-order valence-corrected chi connectivity index (χ1v) is 14.5. The number of ether oxygens (including phenoxy) is 2. The molecule has 10 heteroatoms. The smallest absolute Gasteiger partial charge is 0.282 e. The van der Waals surface area contributed by atoms with Gasteiger partial charge in [-0.3, -0.25) is 14.9 Å². The number of nitro groups is 1. The van der Waals surface area contributed by atoms with Gasteiger partial charge in [0.25, 0.3) is 11.2 Å². The fourth-order valence-corrected chi connectivity index (χ4v) is 5.00. The molecule has 0 bridgehead atoms. The summed E-state index contributed by atoms with van der Waals surface area (Å²) in [6.45, 7) is 8.78. The van der Waals surface area contributed by atoms with Crippen molar-refractivity contribution in [1.29, 1.82) is 0 Å². The van der Waals surface area contributed by atoms with E-state index >= 15 is 0 Å². The number of halogens is 1. The molecule has 0 saturated heterocycles. The Labute approximate surface area is 259 Å². The predicted molar refractivity (Wildman–Crippen MR) is 173 cm³/mol. The van der Waals surface area contributed by atoms with E-state index in [1.54, 1.807) is 42.5 Å². The van der Waals surface area contributed by atoms with E-state index in [0.29, 0.717) is 39.7 Å². The zero-order valence-electron chi connectivity index (χ0n) is 24.8. The molecule has 0 amide bonds. The van der Waals surface area contributed by atoms with Crippen LogP contribution in [-0.4, -0.2) is 27.4 Å². The summed E-state index contributed by atoms with van der Waals surface area (Å²) < 4.78 is 13.3. The first kappa shape index (κ1) is 30.4. The van der Waals surface area contributed by atoms with E-state index in [1.807, 2.05) is 38.1 Å². The van der Waals surface area contributed by atoms with E-state index in [9.17, 15) is 14.9 Å². The van der Waals surface area contributed by atoms with Crippen LogP contribution in [0.15, 0.2) is 88.8 Å². The van der Waals surface area contributed by atoms with Gasteiger partial charge in [0.15, 0.2) is 5.82 Å². The highest BCUT2D eigenvalue weighted by Gasteiger charge is 2.19. The number of hydrogen-bond donors (Lipinski definition) is 0. The second-order valence-electron chi connectivity index (χ2n) is 10.5. The van der Waals surface area contributed by atoms with Gasteiger partial charge in [-0.05, 0) is 91.1 Å². The minimum atomic E-state index is -0.450. The number of non-ortho nitro benzene ring substituents is 1. The topological polar surface area (TPSA) is 109 Å². The second kappa shape index (κ2) is 13.1. The Balaban J connectivity index is 1.59. The Hall–Kier alpha value is -5.02. The number of benzene rings is 4. The van der Waals surface area contributed by atoms with E-state index in [4.69, 9.17) is 26.1 Å². The van der Waals surface area contributed by atoms with Crippen LogP contribution in [0.2, 0.25) is 5.02 Å². The largest absolute Gasteiger partial charge is 0.494 e. The van der Waals surface area contributed by atoms with Crippen molar-refractivity contribution in [2.45, 2.75) is 40.2 Å². The van der Waals surface area contributed by atoms with Crippen molar-refractivity contribution < 1.29 is 14.4 Å². The maximum Gasteiger partial charge on any atom is 0.282 e. The highest BCUT2D eigenvalue weighted by atomic mass is 35.5. The van der Waals surface area contributed by atoms with Crippen LogP contribution in [0.25, 0.3) is 22.3 Å². The average Bonchev–Trinajstić information content (AvgIpc) is 3.00. The highest BCUT2D eigenvalue weighted by molar-refractivity contribution is 6.30. The summed E-state index contributed by atoms with van der Waals surface area (Å²) in [5.41, 5.74) is 4.18. The lowest BCUT2D eigenvalue weighted by Gasteiger charge is -2.18. The van der Waals surface area contributed by atoms with Crippen LogP contribution in [0, 0.1) is 17.0 Å². The van der Waals surface area contributed by atoms with Crippen LogP contribution in [0.4, 0.5) is 5.69 Å². The SMILES string of the molecule is CCOc1cc(C)c(-c2nc3ccccc3c(=O)n2N=Cc2cc(Cl)ccc2OCc2ccc([N+](=O)[O-])cc2)cc1C(C)C. The van der Waals surface area contributed by atoms with Crippen molar-refractivity contribution in [3.05, 3.63) is 127 Å². The minimum Gasteiger partial charge on any atom is -0.494 e. The van der Waals surface area contributed by atoms with Gasteiger partial charge in [-0.1, -0.05) is 37.6 Å². The van der Waals surface area contributed by atoms with Gasteiger partial charge in [-0.25, -0.2) is 4.98 Å². The van der Waals surface area contributed by atoms with Crippen LogP contribution in [0.1, 0.15) is 48.9 Å². The van der Waals surface area contributed by atoms with Gasteiger partial charge in [0.2, 0.25) is 0 Å². The number of aryl methyl sites for hydroxylation is 1. The van der Waals surface area contributed by atoms with Crippen molar-refractivity contribution in [2.24, 2.45) is 5.10 Å². The Morgan fingerprint density at radius 3 is 2.48 bits per heavy atom. The highest BCUT2D eigenvalue weighted by Crippen LogP contribution is 2.34. The predicted octanol–water partition coefficient (Wildman–Crippen LogP) is 7.92. The van der Waals surface area contributed by atoms with E-state index in [0.717, 1.165) is 28.0 Å². The number of nitrogens with zero attached hydrogens (tertiary/aromatic N) is 4. The number of para-hydroxylation sites is 1. The molecule has 0 aliphatic rings. The van der Waals surface area contributed by atoms with E-state index < -0.39 is 4.92 Å². The Morgan fingerprint density at radius 1 is 1.02 bits per heavy atom. The molecular formula is C34H31ClN4O5. The molecule has 1 aromatic heterocycles. The molecule has 0 aliphatic heterocycles. The quantitative estimate of drug-likeness (QED) is 0.0902. The van der Waals surface area contributed by atoms with Crippen LogP contribution >= 0.6 is 11.6 Å². The number of fused-ring (bicyclic) bond motifs is 1. The zero-order valence-corrected chi connectivity index (χ0v) is 25.5. The molecule has 5 aromatic rings. The summed E-state index contributed by atoms with van der Waals surface area (Å²) in [5, 5.41) is 16.5. The average molecular weight is 611 g/mol. The van der Waals surface area contributed by atoms with Crippen molar-refractivity contribution in [3.63, 3.8) is 0 Å². The molecule has 0 atom stereocenters. The van der Waals surface area contributed by atoms with Gasteiger partial charge >= 0.3 is 0 Å². The molecule has 5 rings (SSSR count). The molecule has 44 heavy (non-hydrogen) atoms. The van der Waals surface area contributed by atoms with Gasteiger partial charge in [-0.15, -0.1) is 0 Å². The van der Waals surface area contributed by atoms with Crippen molar-refractivity contribution in [1.82, 2.24) is 9.66 Å². The van der Waals surface area contributed by atoms with Crippen molar-refractivity contribution in [3.8, 4) is 22.9 Å². The summed E-state index contributed by atoms with van der Waals surface area (Å²) >= 11 is 6.33. The van der Waals surface area contributed by atoms with Crippen LogP contribution < -0.4 is 15.0 Å². The normalized spacial score (nSPS) is 11.4. The van der Waals surface area contributed by atoms with Crippen LogP contribution in [0.5, 0.6) is 11.5 Å². The number of rotatable bonds is 10. The summed E-state index contributed by atoms with van der Waals surface area (Å²) in [4.78, 5) is 29.3. The molecule has 4 aromatic carbocycles. The minimum absolute atomic E-state index is 0.00147. The molecule has 0 fully saturated rings. The van der Waals surface area contributed by atoms with Crippen LogP contribution in [0.3, 0.4) is 0 Å². The molecule has 0 aliphatic carbocycles. The third-order valence-electron chi connectivity index (χ3n) is 7.10. The lowest BCUT2D eigenvalue weighted by atomic mass is 9.96. The molecule has 0 N–H and O–H groups in total. The fraction of sp³-hybridized carbons (Fsp3) is 0.206. The summed E-state index contributed by atoms with van der Waals surface area (Å²) in [6.07, 6.45) is 1.52. The maximum atomic E-state index is 13.9. The van der Waals surface area contributed by atoms with E-state index in [1.165, 1.54) is 23.0 Å². The third kappa shape index (κ3) is 6.48. The Morgan fingerprint density at radius 2 is 1.77 bits per heavy atom. The Bertz CT molecular complexity index is 1930. The monoisotopic (exact) mass is 610 g/mol. The summed E-state index contributed by atoms with van der Waals surface area (Å²) in [5.74, 6) is 1.83. The second-order valence-corrected chi connectivity index (χ2v) is 10.9. The van der Waals surface area contributed by atoms with Crippen molar-refractivity contribution >= 4 is 34.4 Å². The summed E-state index contributed by atoms with van der Waals surface area (Å²) in [7, 11) is 0. The molecule has 0 radical (unpaired) electrons. The third-order valence-corrected chi connectivity index (χ3v) is 7.33. The lowest BCUT2D eigenvalue weighted by Crippen LogP contribution is -2.21. The fourth-order valence-electron chi connectivity index (χ4n) is 4.82. The zero-order chi connectivity index (χ0) is 31.4. The molecular weight excluding hydrogens is 580 g/mol. The first-order chi connectivity index (χ1) is 21.2. The number of nitro benzene ring substituents is 1. The maximum absolute atomic E-state index is 13.9. The van der Waals surface area contributed by atoms with Gasteiger partial charge in [-0.2, -0.15) is 9.78 Å².